The van der Waals surface area contributed by atoms with Gasteiger partial charge in [0.25, 0.3) is 5.91 Å². The Morgan fingerprint density at radius 2 is 1.68 bits per heavy atom. The molecule has 1 saturated heterocycles. The summed E-state index contributed by atoms with van der Waals surface area (Å²) >= 11 is 0. The van der Waals surface area contributed by atoms with Gasteiger partial charge in [-0.3, -0.25) is 9.59 Å². The maximum absolute atomic E-state index is 13.2. The number of benzene rings is 1. The van der Waals surface area contributed by atoms with E-state index in [2.05, 4.69) is 10.2 Å². The summed E-state index contributed by atoms with van der Waals surface area (Å²) in [6.45, 7) is 3.99. The van der Waals surface area contributed by atoms with E-state index in [-0.39, 0.29) is 17.9 Å². The average Bonchev–Trinajstić information content (AvgIpc) is 3.22. The molecule has 1 N–H and O–H groups in total. The van der Waals surface area contributed by atoms with Gasteiger partial charge in [0.1, 0.15) is 6.04 Å². The molecule has 1 saturated carbocycles. The van der Waals surface area contributed by atoms with E-state index in [0.717, 1.165) is 31.4 Å². The minimum Gasteiger partial charge on any atom is -0.351 e. The lowest BCUT2D eigenvalue weighted by molar-refractivity contribution is -0.126. The number of rotatable bonds is 6. The largest absolute Gasteiger partial charge is 0.351 e. The van der Waals surface area contributed by atoms with Crippen molar-refractivity contribution in [3.8, 4) is 0 Å². The molecule has 0 bridgehead atoms. The second-order valence-electron chi connectivity index (χ2n) is 8.59. The lowest BCUT2D eigenvalue weighted by Gasteiger charge is -2.27. The first-order chi connectivity index (χ1) is 13.7. The lowest BCUT2D eigenvalue weighted by atomic mass is 10.0. The number of hydrogen-bond donors (Lipinski definition) is 1. The van der Waals surface area contributed by atoms with Crippen molar-refractivity contribution in [1.82, 2.24) is 15.1 Å². The summed E-state index contributed by atoms with van der Waals surface area (Å²) in [5.41, 5.74) is 1.57. The van der Waals surface area contributed by atoms with Crippen LogP contribution in [0, 0.1) is 0 Å². The highest BCUT2D eigenvalue weighted by Gasteiger charge is 2.41. The quantitative estimate of drug-likeness (QED) is 0.765. The van der Waals surface area contributed by atoms with Crippen LogP contribution in [0.1, 0.15) is 79.8 Å². The molecule has 0 aromatic heterocycles. The van der Waals surface area contributed by atoms with Crippen LogP contribution in [0.25, 0.3) is 0 Å². The number of nitrogens with zero attached hydrogens (tertiary/aromatic N) is 2. The molecule has 1 atom stereocenters. The second-order valence-corrected chi connectivity index (χ2v) is 8.59. The molecule has 0 spiro atoms. The van der Waals surface area contributed by atoms with Crippen molar-refractivity contribution in [3.63, 3.8) is 0 Å². The monoisotopic (exact) mass is 383 g/mol. The Hall–Kier alpha value is -1.88. The van der Waals surface area contributed by atoms with Gasteiger partial charge in [-0.25, -0.2) is 0 Å². The Bertz CT molecular complexity index is 691. The summed E-state index contributed by atoms with van der Waals surface area (Å²) in [6, 6.07) is 7.43. The second kappa shape index (κ2) is 9.08. The third-order valence-electron chi connectivity index (χ3n) is 6.58. The maximum atomic E-state index is 13.2. The topological polar surface area (TPSA) is 52.7 Å². The summed E-state index contributed by atoms with van der Waals surface area (Å²) in [6.07, 6.45) is 10.5. The van der Waals surface area contributed by atoms with Gasteiger partial charge in [0.05, 0.1) is 0 Å². The molecule has 1 aromatic rings. The van der Waals surface area contributed by atoms with E-state index < -0.39 is 6.04 Å². The molecule has 1 aromatic carbocycles. The highest BCUT2D eigenvalue weighted by atomic mass is 16.2. The van der Waals surface area contributed by atoms with E-state index in [4.69, 9.17) is 0 Å². The van der Waals surface area contributed by atoms with Crippen LogP contribution in [0.5, 0.6) is 0 Å². The fourth-order valence-electron chi connectivity index (χ4n) is 5.06. The van der Waals surface area contributed by atoms with Gasteiger partial charge in [0.15, 0.2) is 0 Å². The molecule has 152 valence electrons. The number of carbonyl (C=O) groups excluding carboxylic acids is 2. The third-order valence-corrected chi connectivity index (χ3v) is 6.58. The number of carbonyl (C=O) groups is 2. The van der Waals surface area contributed by atoms with Crippen molar-refractivity contribution >= 4 is 11.8 Å². The first-order valence-corrected chi connectivity index (χ1v) is 11.2. The highest BCUT2D eigenvalue weighted by Crippen LogP contribution is 2.34. The molecule has 5 nitrogen and oxygen atoms in total. The predicted octanol–water partition coefficient (Wildman–Crippen LogP) is 3.51. The van der Waals surface area contributed by atoms with Crippen molar-refractivity contribution in [1.29, 1.82) is 0 Å². The van der Waals surface area contributed by atoms with Crippen molar-refractivity contribution in [3.05, 3.63) is 35.4 Å². The van der Waals surface area contributed by atoms with Crippen LogP contribution in [-0.2, 0) is 4.79 Å². The number of fused-ring (bicyclic) bond motifs is 1. The van der Waals surface area contributed by atoms with Gasteiger partial charge in [-0.15, -0.1) is 0 Å². The zero-order valence-corrected chi connectivity index (χ0v) is 16.9. The fraction of sp³-hybridized carbons (Fsp3) is 0.652. The molecule has 4 rings (SSSR count). The smallest absolute Gasteiger partial charge is 0.255 e. The van der Waals surface area contributed by atoms with Crippen LogP contribution >= 0.6 is 0 Å². The van der Waals surface area contributed by atoms with Gasteiger partial charge >= 0.3 is 0 Å². The van der Waals surface area contributed by atoms with Crippen molar-refractivity contribution in [2.45, 2.75) is 69.9 Å². The first kappa shape index (κ1) is 19.4. The zero-order chi connectivity index (χ0) is 19.3. The van der Waals surface area contributed by atoms with Crippen molar-refractivity contribution in [2.75, 3.05) is 26.2 Å². The van der Waals surface area contributed by atoms with Crippen LogP contribution in [0.2, 0.25) is 0 Å². The van der Waals surface area contributed by atoms with Crippen molar-refractivity contribution in [2.24, 2.45) is 0 Å². The Morgan fingerprint density at radius 1 is 0.964 bits per heavy atom. The highest BCUT2D eigenvalue weighted by molar-refractivity contribution is 6.04. The normalized spacial score (nSPS) is 23.6. The Morgan fingerprint density at radius 3 is 2.43 bits per heavy atom. The lowest BCUT2D eigenvalue weighted by Crippen LogP contribution is -2.44. The Kier molecular flexibility index (Phi) is 6.30. The van der Waals surface area contributed by atoms with Gasteiger partial charge in [0.2, 0.25) is 5.91 Å². The van der Waals surface area contributed by atoms with E-state index >= 15 is 0 Å². The molecule has 28 heavy (non-hydrogen) atoms. The molecule has 1 aliphatic carbocycles. The molecule has 0 radical (unpaired) electrons. The van der Waals surface area contributed by atoms with Crippen LogP contribution in [0.3, 0.4) is 0 Å². The molecular weight excluding hydrogens is 350 g/mol. The van der Waals surface area contributed by atoms with E-state index in [1.165, 1.54) is 51.6 Å². The average molecular weight is 384 g/mol. The molecule has 2 amide bonds. The van der Waals surface area contributed by atoms with Gasteiger partial charge in [-0.2, -0.15) is 0 Å². The Balaban J connectivity index is 1.45. The molecule has 0 unspecified atom stereocenters. The summed E-state index contributed by atoms with van der Waals surface area (Å²) in [5.74, 6) is 0.0180. The standard InChI is InChI=1S/C23H33N3O2/c27-22(24-18-10-3-1-2-4-11-18)21-19-12-5-6-13-20(19)23(28)26(21)17-9-16-25-14-7-8-15-25/h5-6,12-13,18,21H,1-4,7-11,14-17H2,(H,24,27)/t21-/m1/s1. The van der Waals surface area contributed by atoms with E-state index in [0.29, 0.717) is 12.1 Å². The predicted molar refractivity (Wildman–Crippen MR) is 110 cm³/mol. The van der Waals surface area contributed by atoms with Crippen LogP contribution in [-0.4, -0.2) is 53.8 Å². The number of hydrogen-bond acceptors (Lipinski definition) is 3. The molecular formula is C23H33N3O2. The van der Waals surface area contributed by atoms with Gasteiger partial charge in [-0.05, 0) is 63.4 Å². The molecule has 2 heterocycles. The van der Waals surface area contributed by atoms with Crippen LogP contribution in [0.15, 0.2) is 24.3 Å². The summed E-state index contributed by atoms with van der Waals surface area (Å²) in [5, 5.41) is 3.28. The maximum Gasteiger partial charge on any atom is 0.255 e. The number of amides is 2. The van der Waals surface area contributed by atoms with E-state index in [9.17, 15) is 9.59 Å². The zero-order valence-electron chi connectivity index (χ0n) is 16.9. The molecule has 5 heteroatoms. The SMILES string of the molecule is O=C(NC1CCCCCC1)[C@H]1c2ccccc2C(=O)N1CCCN1CCCC1. The van der Waals surface area contributed by atoms with E-state index in [1.54, 1.807) is 0 Å². The summed E-state index contributed by atoms with van der Waals surface area (Å²) in [7, 11) is 0. The van der Waals surface area contributed by atoms with E-state index in [1.807, 2.05) is 29.2 Å². The van der Waals surface area contributed by atoms with Crippen molar-refractivity contribution < 1.29 is 9.59 Å². The molecule has 2 fully saturated rings. The summed E-state index contributed by atoms with van der Waals surface area (Å²) < 4.78 is 0. The van der Waals surface area contributed by atoms with Gasteiger partial charge < -0.3 is 15.1 Å². The van der Waals surface area contributed by atoms with Gasteiger partial charge in [0, 0.05) is 18.2 Å². The minimum absolute atomic E-state index is 0.00590. The van der Waals surface area contributed by atoms with Gasteiger partial charge in [-0.1, -0.05) is 43.9 Å². The minimum atomic E-state index is -0.467. The summed E-state index contributed by atoms with van der Waals surface area (Å²) in [4.78, 5) is 30.5. The fourth-order valence-corrected chi connectivity index (χ4v) is 5.06. The number of likely N-dealkylation sites (tertiary alicyclic amines) is 1. The Labute approximate surface area is 168 Å². The van der Waals surface area contributed by atoms with Crippen LogP contribution < -0.4 is 5.32 Å². The third kappa shape index (κ3) is 4.24. The number of nitrogens with one attached hydrogen (secondary N) is 1. The first-order valence-electron chi connectivity index (χ1n) is 11.2. The molecule has 2 aliphatic heterocycles. The van der Waals surface area contributed by atoms with Crippen LogP contribution in [0.4, 0.5) is 0 Å². The molecule has 3 aliphatic rings.